The Hall–Kier alpha value is -3.25. The van der Waals surface area contributed by atoms with Crippen molar-refractivity contribution in [1.82, 2.24) is 9.38 Å². The number of nitrogens with zero attached hydrogens (tertiary/aromatic N) is 2. The van der Waals surface area contributed by atoms with Gasteiger partial charge in [-0.05, 0) is 61.4 Å². The van der Waals surface area contributed by atoms with Gasteiger partial charge >= 0.3 is 0 Å². The molecule has 5 rings (SSSR count). The Morgan fingerprint density at radius 1 is 1.11 bits per heavy atom. The van der Waals surface area contributed by atoms with E-state index in [0.29, 0.717) is 26.6 Å². The average Bonchev–Trinajstić information content (AvgIpc) is 3.33. The number of hydrogen-bond donors (Lipinski definition) is 0. The lowest BCUT2D eigenvalue weighted by atomic mass is 10.1. The number of benzene rings is 2. The number of fused-ring (bicyclic) bond motifs is 3. The molecular formula is C22H15FN2O2S. The molecular weight excluding hydrogens is 375 g/mol. The molecule has 0 fully saturated rings. The van der Waals surface area contributed by atoms with E-state index >= 15 is 0 Å². The summed E-state index contributed by atoms with van der Waals surface area (Å²) in [6, 6.07) is 13.8. The van der Waals surface area contributed by atoms with E-state index in [2.05, 4.69) is 4.98 Å². The molecule has 0 amide bonds. The zero-order valence-corrected chi connectivity index (χ0v) is 16.0. The molecule has 0 unspecified atom stereocenters. The van der Waals surface area contributed by atoms with E-state index in [1.54, 1.807) is 34.7 Å². The lowest BCUT2D eigenvalue weighted by Crippen LogP contribution is -2.22. The second-order valence-corrected chi connectivity index (χ2v) is 7.79. The third kappa shape index (κ3) is 2.65. The van der Waals surface area contributed by atoms with Crippen LogP contribution in [0.25, 0.3) is 33.4 Å². The number of imidazole rings is 1. The molecule has 0 saturated heterocycles. The van der Waals surface area contributed by atoms with Crippen LogP contribution in [0.15, 0.2) is 57.7 Å². The van der Waals surface area contributed by atoms with E-state index in [4.69, 9.17) is 4.42 Å². The van der Waals surface area contributed by atoms with Crippen molar-refractivity contribution in [1.29, 1.82) is 0 Å². The molecule has 0 bridgehead atoms. The van der Waals surface area contributed by atoms with Gasteiger partial charge in [0.2, 0.25) is 0 Å². The highest BCUT2D eigenvalue weighted by Crippen LogP contribution is 2.24. The Morgan fingerprint density at radius 2 is 1.93 bits per heavy atom. The molecule has 0 radical (unpaired) electrons. The molecule has 0 spiro atoms. The van der Waals surface area contributed by atoms with Gasteiger partial charge < -0.3 is 4.42 Å². The molecule has 2 aromatic carbocycles. The van der Waals surface area contributed by atoms with E-state index in [-0.39, 0.29) is 11.4 Å². The number of halogens is 1. The fourth-order valence-corrected chi connectivity index (χ4v) is 4.24. The Labute approximate surface area is 163 Å². The predicted octanol–water partition coefficient (Wildman–Crippen LogP) is 4.47. The summed E-state index contributed by atoms with van der Waals surface area (Å²) in [7, 11) is 0. The summed E-state index contributed by atoms with van der Waals surface area (Å²) in [4.78, 5) is 18.2. The number of rotatable bonds is 2. The highest BCUT2D eigenvalue weighted by Gasteiger charge is 2.13. The topological polar surface area (TPSA) is 47.5 Å². The molecule has 5 aromatic rings. The first-order chi connectivity index (χ1) is 13.5. The van der Waals surface area contributed by atoms with Crippen LogP contribution in [0.5, 0.6) is 0 Å². The van der Waals surface area contributed by atoms with Gasteiger partial charge in [0.1, 0.15) is 21.9 Å². The maximum atomic E-state index is 13.4. The Kier molecular flexibility index (Phi) is 3.70. The second-order valence-electron chi connectivity index (χ2n) is 6.78. The Morgan fingerprint density at radius 3 is 2.75 bits per heavy atom. The largest absolute Gasteiger partial charge is 0.457 e. The Bertz CT molecular complexity index is 1480. The molecule has 6 heteroatoms. The maximum Gasteiger partial charge on any atom is 0.275 e. The summed E-state index contributed by atoms with van der Waals surface area (Å²) in [6.45, 7) is 4.06. The monoisotopic (exact) mass is 390 g/mol. The molecule has 0 aliphatic carbocycles. The molecule has 0 atom stereocenters. The minimum atomic E-state index is -0.321. The molecule has 3 aromatic heterocycles. The molecule has 0 aliphatic rings. The van der Waals surface area contributed by atoms with Crippen LogP contribution in [-0.2, 0) is 0 Å². The van der Waals surface area contributed by atoms with E-state index in [9.17, 15) is 9.18 Å². The smallest absolute Gasteiger partial charge is 0.275 e. The summed E-state index contributed by atoms with van der Waals surface area (Å²) >= 11 is 1.33. The molecule has 4 nitrogen and oxygen atoms in total. The fourth-order valence-electron chi connectivity index (χ4n) is 3.28. The van der Waals surface area contributed by atoms with E-state index in [0.717, 1.165) is 22.2 Å². The standard InChI is InChI=1S/C22H15FN2O2S/c1-12-8-17-18(9-13(12)2)25-21(26)20(28-22(25)24-17)11-16-6-7-19(27-16)14-4-3-5-15(23)10-14/h3-11H,1-2H3. The van der Waals surface area contributed by atoms with Gasteiger partial charge in [-0.1, -0.05) is 23.5 Å². The molecule has 28 heavy (non-hydrogen) atoms. The second kappa shape index (κ2) is 6.14. The van der Waals surface area contributed by atoms with Gasteiger partial charge in [0.05, 0.1) is 11.0 Å². The van der Waals surface area contributed by atoms with Gasteiger partial charge in [0.25, 0.3) is 5.56 Å². The first-order valence-corrected chi connectivity index (χ1v) is 9.61. The average molecular weight is 390 g/mol. The summed E-state index contributed by atoms with van der Waals surface area (Å²) in [6.07, 6.45) is 1.71. The number of hydrogen-bond acceptors (Lipinski definition) is 4. The minimum Gasteiger partial charge on any atom is -0.457 e. The van der Waals surface area contributed by atoms with Gasteiger partial charge in [-0.15, -0.1) is 0 Å². The lowest BCUT2D eigenvalue weighted by Gasteiger charge is -1.98. The van der Waals surface area contributed by atoms with Gasteiger partial charge in [0.15, 0.2) is 4.96 Å². The van der Waals surface area contributed by atoms with Crippen LogP contribution >= 0.6 is 11.3 Å². The van der Waals surface area contributed by atoms with Crippen molar-refractivity contribution in [2.75, 3.05) is 0 Å². The summed E-state index contributed by atoms with van der Waals surface area (Å²) in [5.41, 5.74) is 4.45. The molecule has 0 N–H and O–H groups in total. The van der Waals surface area contributed by atoms with Crippen molar-refractivity contribution < 1.29 is 8.81 Å². The number of aryl methyl sites for hydroxylation is 2. The molecule has 0 aliphatic heterocycles. The van der Waals surface area contributed by atoms with Gasteiger partial charge in [-0.3, -0.25) is 4.79 Å². The predicted molar refractivity (Wildman–Crippen MR) is 109 cm³/mol. The lowest BCUT2D eigenvalue weighted by molar-refractivity contribution is 0.569. The van der Waals surface area contributed by atoms with Crippen molar-refractivity contribution in [2.45, 2.75) is 13.8 Å². The quantitative estimate of drug-likeness (QED) is 0.447. The maximum absolute atomic E-state index is 13.4. The van der Waals surface area contributed by atoms with Crippen molar-refractivity contribution in [2.24, 2.45) is 0 Å². The normalized spacial score (nSPS) is 12.5. The SMILES string of the molecule is Cc1cc2nc3sc(=Cc4ccc(-c5cccc(F)c5)o4)c(=O)n3c2cc1C. The molecule has 0 saturated carbocycles. The third-order valence-corrected chi connectivity index (χ3v) is 5.83. The van der Waals surface area contributed by atoms with E-state index in [1.807, 2.05) is 26.0 Å². The Balaban J connectivity index is 1.64. The van der Waals surface area contributed by atoms with Crippen molar-refractivity contribution in [3.63, 3.8) is 0 Å². The molecule has 138 valence electrons. The van der Waals surface area contributed by atoms with Crippen LogP contribution in [0.2, 0.25) is 0 Å². The minimum absolute atomic E-state index is 0.116. The zero-order valence-electron chi connectivity index (χ0n) is 15.2. The summed E-state index contributed by atoms with van der Waals surface area (Å²) < 4.78 is 21.4. The van der Waals surface area contributed by atoms with Crippen LogP contribution in [0.1, 0.15) is 16.9 Å². The number of aromatic nitrogens is 2. The van der Waals surface area contributed by atoms with E-state index in [1.165, 1.54) is 23.5 Å². The highest BCUT2D eigenvalue weighted by molar-refractivity contribution is 7.15. The van der Waals surface area contributed by atoms with Crippen molar-refractivity contribution in [3.8, 4) is 11.3 Å². The number of thiazole rings is 1. The van der Waals surface area contributed by atoms with E-state index < -0.39 is 0 Å². The number of furan rings is 1. The first kappa shape index (κ1) is 16.9. The third-order valence-electron chi connectivity index (χ3n) is 4.86. The van der Waals surface area contributed by atoms with Crippen molar-refractivity contribution in [3.05, 3.63) is 86.1 Å². The first-order valence-electron chi connectivity index (χ1n) is 8.79. The van der Waals surface area contributed by atoms with Crippen LogP contribution in [0.4, 0.5) is 4.39 Å². The van der Waals surface area contributed by atoms with Crippen LogP contribution in [0, 0.1) is 19.7 Å². The van der Waals surface area contributed by atoms with Crippen LogP contribution in [-0.4, -0.2) is 9.38 Å². The molecule has 3 heterocycles. The van der Waals surface area contributed by atoms with Gasteiger partial charge in [-0.25, -0.2) is 13.8 Å². The van der Waals surface area contributed by atoms with Crippen LogP contribution in [0.3, 0.4) is 0 Å². The summed E-state index contributed by atoms with van der Waals surface area (Å²) in [5.74, 6) is 0.770. The zero-order chi connectivity index (χ0) is 19.4. The summed E-state index contributed by atoms with van der Waals surface area (Å²) in [5, 5.41) is 0. The van der Waals surface area contributed by atoms with Gasteiger partial charge in [-0.2, -0.15) is 0 Å². The fraction of sp³-hybridized carbons (Fsp3) is 0.0909. The van der Waals surface area contributed by atoms with Gasteiger partial charge in [0, 0.05) is 11.6 Å². The van der Waals surface area contributed by atoms with Crippen molar-refractivity contribution >= 4 is 33.4 Å². The van der Waals surface area contributed by atoms with Crippen LogP contribution < -0.4 is 10.1 Å². The highest BCUT2D eigenvalue weighted by atomic mass is 32.1.